The first kappa shape index (κ1) is 27.6. The van der Waals surface area contributed by atoms with E-state index in [4.69, 9.17) is 16.3 Å². The first-order chi connectivity index (χ1) is 18.3. The van der Waals surface area contributed by atoms with Crippen LogP contribution in [-0.2, 0) is 11.0 Å². The van der Waals surface area contributed by atoms with Crippen molar-refractivity contribution in [2.45, 2.75) is 87.5 Å². The van der Waals surface area contributed by atoms with Crippen LogP contribution in [0.4, 0.5) is 18.9 Å². The third kappa shape index (κ3) is 6.26. The van der Waals surface area contributed by atoms with Gasteiger partial charge in [-0.3, -0.25) is 4.79 Å². The lowest BCUT2D eigenvalue weighted by molar-refractivity contribution is -0.141. The minimum absolute atomic E-state index is 0.0949. The number of carbonyl (C=O) groups excluding carboxylic acids is 1. The first-order valence-electron chi connectivity index (χ1n) is 13.3. The van der Waals surface area contributed by atoms with E-state index in [1.165, 1.54) is 0 Å². The number of hydrogen-bond donors (Lipinski definition) is 2. The largest absolute Gasteiger partial charge is 0.478 e. The van der Waals surface area contributed by atoms with E-state index in [-0.39, 0.29) is 28.4 Å². The fourth-order valence-corrected chi connectivity index (χ4v) is 5.67. The van der Waals surface area contributed by atoms with Crippen molar-refractivity contribution in [3.05, 3.63) is 65.9 Å². The lowest BCUT2D eigenvalue weighted by atomic mass is 9.90. The van der Waals surface area contributed by atoms with Crippen LogP contribution in [0, 0.1) is 0 Å². The summed E-state index contributed by atoms with van der Waals surface area (Å²) in [6.45, 7) is 5.49. The Kier molecular flexibility index (Phi) is 7.20. The van der Waals surface area contributed by atoms with Crippen molar-refractivity contribution in [1.29, 1.82) is 0 Å². The zero-order valence-electron chi connectivity index (χ0n) is 22.2. The van der Waals surface area contributed by atoms with E-state index in [0.717, 1.165) is 37.3 Å². The summed E-state index contributed by atoms with van der Waals surface area (Å²) in [5.41, 5.74) is -0.183. The van der Waals surface area contributed by atoms with Gasteiger partial charge in [0.25, 0.3) is 5.91 Å². The van der Waals surface area contributed by atoms with Gasteiger partial charge in [0, 0.05) is 33.9 Å². The molecule has 2 saturated carbocycles. The number of alkyl halides is 4. The number of nitrogens with zero attached hydrogens (tertiary/aromatic N) is 1. The number of ether oxygens (including phenoxy) is 1. The summed E-state index contributed by atoms with van der Waals surface area (Å²) in [5.74, 6) is 0.702. The zero-order valence-corrected chi connectivity index (χ0v) is 23.0. The second-order valence-corrected chi connectivity index (χ2v) is 12.3. The Hall–Kier alpha value is -3.00. The highest BCUT2D eigenvalue weighted by Gasteiger charge is 2.49. The summed E-state index contributed by atoms with van der Waals surface area (Å²) in [6.07, 6.45) is -0.593. The maximum Gasteiger partial charge on any atom is 0.433 e. The maximum atomic E-state index is 13.5. The summed E-state index contributed by atoms with van der Waals surface area (Å²) in [6, 6.07) is 15.4. The summed E-state index contributed by atoms with van der Waals surface area (Å²) >= 11 is 6.39. The third-order valence-electron chi connectivity index (χ3n) is 7.75. The lowest BCUT2D eigenvalue weighted by Crippen LogP contribution is -2.51. The number of carbonyl (C=O) groups is 1. The van der Waals surface area contributed by atoms with Crippen LogP contribution in [0.3, 0.4) is 0 Å². The van der Waals surface area contributed by atoms with Gasteiger partial charge in [-0.15, -0.1) is 11.6 Å². The highest BCUT2D eigenvalue weighted by Crippen LogP contribution is 2.56. The average molecular weight is 560 g/mol. The summed E-state index contributed by atoms with van der Waals surface area (Å²) < 4.78 is 46.5. The van der Waals surface area contributed by atoms with Gasteiger partial charge in [-0.05, 0) is 82.7 Å². The van der Waals surface area contributed by atoms with E-state index in [9.17, 15) is 18.0 Å². The quantitative estimate of drug-likeness (QED) is 0.295. The van der Waals surface area contributed by atoms with Gasteiger partial charge in [0.1, 0.15) is 11.4 Å². The van der Waals surface area contributed by atoms with Crippen molar-refractivity contribution in [1.82, 2.24) is 10.3 Å². The van der Waals surface area contributed by atoms with Crippen LogP contribution in [0.5, 0.6) is 5.75 Å². The number of nitrogens with one attached hydrogen (secondary N) is 2. The molecule has 2 aliphatic carbocycles. The highest BCUT2D eigenvalue weighted by molar-refractivity contribution is 6.26. The number of pyridine rings is 1. The normalized spacial score (nSPS) is 25.3. The Balaban J connectivity index is 1.22. The molecule has 1 aromatic heterocycles. The molecule has 9 heteroatoms. The summed E-state index contributed by atoms with van der Waals surface area (Å²) in [4.78, 5) is 16.8. The molecule has 2 fully saturated rings. The fourth-order valence-electron chi connectivity index (χ4n) is 5.39. The molecule has 208 valence electrons. The Morgan fingerprint density at radius 2 is 1.74 bits per heavy atom. The number of aromatic nitrogens is 1. The Morgan fingerprint density at radius 3 is 2.41 bits per heavy atom. The third-order valence-corrected chi connectivity index (χ3v) is 8.17. The average Bonchev–Trinajstić information content (AvgIpc) is 3.51. The molecule has 3 aromatic rings. The standard InChI is InChI=1S/C30H33ClF3N3O2/c1-28(2,39-21-13-11-18(12-14-21)23-17-29(23,3)31)27(38)36-20-8-6-7-19(15-20)35-25-16-26(30(32,33)34)37-24-10-5-4-9-22(24)25/h4-5,9-14,16,19-20,23H,6-8,15,17H2,1-3H3,(H,35,37)(H,36,38). The SMILES string of the molecule is CC(C)(Oc1ccc(C2CC2(C)Cl)cc1)C(=O)NC1CCCC(Nc2cc(C(F)(F)F)nc3ccccc23)C1. The van der Waals surface area contributed by atoms with E-state index in [2.05, 4.69) is 15.6 Å². The molecule has 2 aliphatic rings. The van der Waals surface area contributed by atoms with Crippen LogP contribution in [0.2, 0.25) is 0 Å². The molecule has 5 nitrogen and oxygen atoms in total. The predicted octanol–water partition coefficient (Wildman–Crippen LogP) is 7.44. The smallest absolute Gasteiger partial charge is 0.433 e. The minimum atomic E-state index is -4.54. The van der Waals surface area contributed by atoms with Crippen molar-refractivity contribution < 1.29 is 22.7 Å². The van der Waals surface area contributed by atoms with Gasteiger partial charge in [0.2, 0.25) is 0 Å². The second kappa shape index (κ2) is 10.2. The van der Waals surface area contributed by atoms with Crippen LogP contribution in [0.15, 0.2) is 54.6 Å². The zero-order chi connectivity index (χ0) is 28.0. The van der Waals surface area contributed by atoms with Crippen LogP contribution in [0.25, 0.3) is 10.9 Å². The molecule has 1 amide bonds. The van der Waals surface area contributed by atoms with Gasteiger partial charge in [-0.1, -0.05) is 30.3 Å². The Bertz CT molecular complexity index is 1360. The molecule has 0 bridgehead atoms. The number of amides is 1. The number of rotatable bonds is 7. The lowest BCUT2D eigenvalue weighted by Gasteiger charge is -2.34. The van der Waals surface area contributed by atoms with Crippen LogP contribution < -0.4 is 15.4 Å². The maximum absolute atomic E-state index is 13.5. The van der Waals surface area contributed by atoms with Gasteiger partial charge in [-0.25, -0.2) is 4.98 Å². The van der Waals surface area contributed by atoms with Gasteiger partial charge in [0.05, 0.1) is 5.52 Å². The van der Waals surface area contributed by atoms with Gasteiger partial charge in [0.15, 0.2) is 5.60 Å². The van der Waals surface area contributed by atoms with Crippen molar-refractivity contribution in [3.8, 4) is 5.75 Å². The predicted molar refractivity (Wildman–Crippen MR) is 147 cm³/mol. The molecule has 0 spiro atoms. The van der Waals surface area contributed by atoms with Crippen LogP contribution in [0.1, 0.15) is 70.1 Å². The van der Waals surface area contributed by atoms with E-state index in [1.54, 1.807) is 38.1 Å². The van der Waals surface area contributed by atoms with E-state index < -0.39 is 17.5 Å². The first-order valence-corrected chi connectivity index (χ1v) is 13.7. The second-order valence-electron chi connectivity index (χ2n) is 11.5. The molecule has 2 N–H and O–H groups in total. The van der Waals surface area contributed by atoms with Gasteiger partial charge in [-0.2, -0.15) is 13.2 Å². The number of anilines is 1. The Labute approximate surface area is 231 Å². The molecule has 4 unspecified atom stereocenters. The molecule has 4 atom stereocenters. The van der Waals surface area contributed by atoms with Crippen LogP contribution >= 0.6 is 11.6 Å². The number of fused-ring (bicyclic) bond motifs is 1. The summed E-state index contributed by atoms with van der Waals surface area (Å²) in [5, 5.41) is 7.05. The Morgan fingerprint density at radius 1 is 1.08 bits per heavy atom. The molecule has 0 aliphatic heterocycles. The van der Waals surface area contributed by atoms with E-state index in [1.807, 2.05) is 31.2 Å². The molecule has 0 radical (unpaired) electrons. The monoisotopic (exact) mass is 559 g/mol. The van der Waals surface area contributed by atoms with Crippen molar-refractivity contribution >= 4 is 34.1 Å². The topological polar surface area (TPSA) is 63.2 Å². The molecular weight excluding hydrogens is 527 g/mol. The molecular formula is C30H33ClF3N3O2. The molecule has 2 aromatic carbocycles. The van der Waals surface area contributed by atoms with Crippen molar-refractivity contribution in [2.24, 2.45) is 0 Å². The number of para-hydroxylation sites is 1. The molecule has 39 heavy (non-hydrogen) atoms. The molecule has 0 saturated heterocycles. The summed E-state index contributed by atoms with van der Waals surface area (Å²) in [7, 11) is 0. The van der Waals surface area contributed by atoms with Gasteiger partial charge >= 0.3 is 6.18 Å². The molecule has 5 rings (SSSR count). The van der Waals surface area contributed by atoms with E-state index >= 15 is 0 Å². The van der Waals surface area contributed by atoms with Crippen molar-refractivity contribution in [3.63, 3.8) is 0 Å². The molecule has 1 heterocycles. The minimum Gasteiger partial charge on any atom is -0.478 e. The highest BCUT2D eigenvalue weighted by atomic mass is 35.5. The van der Waals surface area contributed by atoms with Gasteiger partial charge < -0.3 is 15.4 Å². The van der Waals surface area contributed by atoms with Crippen molar-refractivity contribution in [2.75, 3.05) is 5.32 Å². The number of benzene rings is 2. The van der Waals surface area contributed by atoms with E-state index in [0.29, 0.717) is 29.2 Å². The number of hydrogen-bond acceptors (Lipinski definition) is 4. The fraction of sp³-hybridized carbons (Fsp3) is 0.467. The number of halogens is 4. The van der Waals surface area contributed by atoms with Crippen LogP contribution in [-0.4, -0.2) is 33.5 Å².